The number of halogens is 3. The van der Waals surface area contributed by atoms with Crippen molar-refractivity contribution >= 4 is 23.4 Å². The van der Waals surface area contributed by atoms with Crippen molar-refractivity contribution in [1.29, 1.82) is 0 Å². The number of nitrogens with zero attached hydrogens (tertiary/aromatic N) is 2. The Balaban J connectivity index is 1.54. The lowest BCUT2D eigenvalue weighted by Crippen LogP contribution is -2.51. The van der Waals surface area contributed by atoms with Gasteiger partial charge in [-0.25, -0.2) is 8.78 Å². The average Bonchev–Trinajstić information content (AvgIpc) is 2.84. The van der Waals surface area contributed by atoms with Crippen LogP contribution in [0.2, 0.25) is 5.02 Å². The third-order valence-electron chi connectivity index (χ3n) is 6.70. The molecule has 0 N–H and O–H groups in total. The van der Waals surface area contributed by atoms with Gasteiger partial charge in [0.15, 0.2) is 0 Å². The van der Waals surface area contributed by atoms with Crippen molar-refractivity contribution in [2.75, 3.05) is 32.8 Å². The van der Waals surface area contributed by atoms with Crippen LogP contribution in [-0.2, 0) is 4.79 Å². The Hall–Kier alpha value is -2.67. The van der Waals surface area contributed by atoms with E-state index in [9.17, 15) is 18.4 Å². The van der Waals surface area contributed by atoms with E-state index in [-0.39, 0.29) is 31.0 Å². The van der Waals surface area contributed by atoms with E-state index in [4.69, 9.17) is 16.3 Å². The fourth-order valence-electron chi connectivity index (χ4n) is 4.87. The van der Waals surface area contributed by atoms with Crippen molar-refractivity contribution in [3.63, 3.8) is 0 Å². The first-order chi connectivity index (χ1) is 16.3. The van der Waals surface area contributed by atoms with Gasteiger partial charge in [0.05, 0.1) is 12.2 Å². The van der Waals surface area contributed by atoms with Crippen molar-refractivity contribution in [3.8, 4) is 5.75 Å². The molecule has 2 amide bonds. The van der Waals surface area contributed by atoms with Crippen LogP contribution in [0.15, 0.2) is 42.5 Å². The molecule has 4 rings (SSSR count). The lowest BCUT2D eigenvalue weighted by atomic mass is 9.77. The van der Waals surface area contributed by atoms with Gasteiger partial charge in [-0.1, -0.05) is 11.6 Å². The molecule has 2 fully saturated rings. The second-order valence-electron chi connectivity index (χ2n) is 9.32. The number of likely N-dealkylation sites (tertiary alicyclic amines) is 2. The van der Waals surface area contributed by atoms with Gasteiger partial charge >= 0.3 is 0 Å². The van der Waals surface area contributed by atoms with Crippen LogP contribution in [0.5, 0.6) is 5.75 Å². The standard InChI is InChI=1S/C26H29ClF2N2O3/c27-19-5-8-21(9-6-19)34-18-26(16-24(32)30-12-2-1-3-13-30)11-4-14-31(17-26)25(33)22-10-7-20(28)15-23(22)29/h5-10,15H,1-4,11-14,16-18H2/t26-/m0/s1. The van der Waals surface area contributed by atoms with E-state index in [1.54, 1.807) is 29.2 Å². The van der Waals surface area contributed by atoms with Crippen LogP contribution < -0.4 is 4.74 Å². The first-order valence-corrected chi connectivity index (χ1v) is 12.1. The lowest BCUT2D eigenvalue weighted by Gasteiger charge is -2.43. The fourth-order valence-corrected chi connectivity index (χ4v) is 5.00. The van der Waals surface area contributed by atoms with E-state index >= 15 is 0 Å². The minimum absolute atomic E-state index is 0.0571. The van der Waals surface area contributed by atoms with Gasteiger partial charge in [0.25, 0.3) is 5.91 Å². The molecule has 2 aromatic rings. The Morgan fingerprint density at radius 2 is 1.65 bits per heavy atom. The number of hydrogen-bond donors (Lipinski definition) is 0. The number of carbonyl (C=O) groups is 2. The van der Waals surface area contributed by atoms with Crippen molar-refractivity contribution in [3.05, 3.63) is 64.7 Å². The van der Waals surface area contributed by atoms with Gasteiger partial charge in [-0.05, 0) is 68.5 Å². The van der Waals surface area contributed by atoms with E-state index < -0.39 is 23.0 Å². The maximum atomic E-state index is 14.3. The summed E-state index contributed by atoms with van der Waals surface area (Å²) in [6.07, 6.45) is 4.72. The second kappa shape index (κ2) is 10.7. The molecule has 2 heterocycles. The molecule has 0 aliphatic carbocycles. The number of hydrogen-bond acceptors (Lipinski definition) is 3. The highest BCUT2D eigenvalue weighted by Crippen LogP contribution is 2.36. The van der Waals surface area contributed by atoms with Crippen LogP contribution in [0.1, 0.15) is 48.9 Å². The van der Waals surface area contributed by atoms with Crippen LogP contribution in [-0.4, -0.2) is 54.4 Å². The highest BCUT2D eigenvalue weighted by molar-refractivity contribution is 6.30. The van der Waals surface area contributed by atoms with Crippen molar-refractivity contribution < 1.29 is 23.1 Å². The van der Waals surface area contributed by atoms with Gasteiger partial charge < -0.3 is 14.5 Å². The van der Waals surface area contributed by atoms with Crippen LogP contribution >= 0.6 is 11.6 Å². The number of rotatable bonds is 6. The molecular formula is C26H29ClF2N2O3. The number of benzene rings is 2. The van der Waals surface area contributed by atoms with Crippen LogP contribution in [0.3, 0.4) is 0 Å². The summed E-state index contributed by atoms with van der Waals surface area (Å²) in [6, 6.07) is 9.97. The monoisotopic (exact) mass is 490 g/mol. The Morgan fingerprint density at radius 3 is 2.35 bits per heavy atom. The number of amides is 2. The first kappa shape index (κ1) is 24.5. The summed E-state index contributed by atoms with van der Waals surface area (Å²) in [5, 5.41) is 0.595. The summed E-state index contributed by atoms with van der Waals surface area (Å²) in [6.45, 7) is 2.43. The van der Waals surface area contributed by atoms with Gasteiger partial charge in [-0.2, -0.15) is 0 Å². The molecule has 0 aromatic heterocycles. The zero-order chi connectivity index (χ0) is 24.1. The summed E-state index contributed by atoms with van der Waals surface area (Å²) in [5.74, 6) is -1.43. The zero-order valence-electron chi connectivity index (χ0n) is 19.1. The summed E-state index contributed by atoms with van der Waals surface area (Å²) < 4.78 is 33.7. The largest absolute Gasteiger partial charge is 0.493 e. The van der Waals surface area contributed by atoms with Crippen molar-refractivity contribution in [2.45, 2.75) is 38.5 Å². The highest BCUT2D eigenvalue weighted by Gasteiger charge is 2.41. The molecule has 2 saturated heterocycles. The number of carbonyl (C=O) groups excluding carboxylic acids is 2. The summed E-state index contributed by atoms with van der Waals surface area (Å²) in [4.78, 5) is 29.8. The molecule has 0 radical (unpaired) electrons. The fraction of sp³-hybridized carbons (Fsp3) is 0.462. The Labute approximate surface area is 203 Å². The highest BCUT2D eigenvalue weighted by atomic mass is 35.5. The van der Waals surface area contributed by atoms with Gasteiger partial charge in [0, 0.05) is 49.1 Å². The molecule has 5 nitrogen and oxygen atoms in total. The summed E-state index contributed by atoms with van der Waals surface area (Å²) >= 11 is 5.97. The molecule has 8 heteroatoms. The topological polar surface area (TPSA) is 49.9 Å². The minimum Gasteiger partial charge on any atom is -0.493 e. The maximum Gasteiger partial charge on any atom is 0.256 e. The predicted octanol–water partition coefficient (Wildman–Crippen LogP) is 5.32. The van der Waals surface area contributed by atoms with Crippen molar-refractivity contribution in [1.82, 2.24) is 9.80 Å². The smallest absolute Gasteiger partial charge is 0.256 e. The van der Waals surface area contributed by atoms with Gasteiger partial charge in [-0.15, -0.1) is 0 Å². The maximum absolute atomic E-state index is 14.3. The molecule has 34 heavy (non-hydrogen) atoms. The average molecular weight is 491 g/mol. The minimum atomic E-state index is -0.886. The molecule has 2 aliphatic rings. The Morgan fingerprint density at radius 1 is 0.941 bits per heavy atom. The molecule has 0 bridgehead atoms. The molecule has 1 atom stereocenters. The molecule has 182 valence electrons. The third-order valence-corrected chi connectivity index (χ3v) is 6.96. The van der Waals surface area contributed by atoms with Gasteiger partial charge in [-0.3, -0.25) is 9.59 Å². The van der Waals surface area contributed by atoms with E-state index in [1.807, 2.05) is 4.90 Å². The van der Waals surface area contributed by atoms with Crippen LogP contribution in [0.25, 0.3) is 0 Å². The SMILES string of the molecule is O=C(C[C@@]1(COc2ccc(Cl)cc2)CCCN(C(=O)c2ccc(F)cc2F)C1)N1CCCCC1. The van der Waals surface area contributed by atoms with E-state index in [0.717, 1.165) is 38.4 Å². The Bertz CT molecular complexity index is 1030. The lowest BCUT2D eigenvalue weighted by molar-refractivity contribution is -0.136. The molecular weight excluding hydrogens is 462 g/mol. The normalized spacial score (nSPS) is 20.8. The van der Waals surface area contributed by atoms with E-state index in [2.05, 4.69) is 0 Å². The molecule has 0 spiro atoms. The predicted molar refractivity (Wildman–Crippen MR) is 126 cm³/mol. The zero-order valence-corrected chi connectivity index (χ0v) is 19.8. The van der Waals surface area contributed by atoms with E-state index in [0.29, 0.717) is 36.2 Å². The first-order valence-electron chi connectivity index (χ1n) is 11.8. The molecule has 0 unspecified atom stereocenters. The summed E-state index contributed by atoms with van der Waals surface area (Å²) in [5.41, 5.74) is -0.781. The number of ether oxygens (including phenoxy) is 1. The quantitative estimate of drug-likeness (QED) is 0.550. The third kappa shape index (κ3) is 5.87. The summed E-state index contributed by atoms with van der Waals surface area (Å²) in [7, 11) is 0. The molecule has 2 aromatic carbocycles. The van der Waals surface area contributed by atoms with Crippen molar-refractivity contribution in [2.24, 2.45) is 5.41 Å². The second-order valence-corrected chi connectivity index (χ2v) is 9.75. The van der Waals surface area contributed by atoms with E-state index in [1.165, 1.54) is 6.07 Å². The number of piperidine rings is 2. The Kier molecular flexibility index (Phi) is 7.71. The van der Waals surface area contributed by atoms with Crippen LogP contribution in [0.4, 0.5) is 8.78 Å². The van der Waals surface area contributed by atoms with Gasteiger partial charge in [0.2, 0.25) is 5.91 Å². The molecule has 2 aliphatic heterocycles. The molecule has 0 saturated carbocycles. The van der Waals surface area contributed by atoms with Crippen LogP contribution in [0, 0.1) is 17.0 Å². The van der Waals surface area contributed by atoms with Gasteiger partial charge in [0.1, 0.15) is 17.4 Å².